The maximum atomic E-state index is 14.0. The molecule has 2 rings (SSSR count). The van der Waals surface area contributed by atoms with Crippen molar-refractivity contribution in [3.63, 3.8) is 0 Å². The first-order valence-electron chi connectivity index (χ1n) is 5.85. The third kappa shape index (κ3) is 4.03. The molecule has 3 nitrogen and oxygen atoms in total. The predicted octanol–water partition coefficient (Wildman–Crippen LogP) is 4.52. The maximum Gasteiger partial charge on any atom is 0.170 e. The van der Waals surface area contributed by atoms with Gasteiger partial charge in [0.15, 0.2) is 5.84 Å². The molecule has 2 aromatic carbocycles. The fourth-order valence-electron chi connectivity index (χ4n) is 1.62. The number of benzene rings is 2. The summed E-state index contributed by atoms with van der Waals surface area (Å²) in [5, 5.41) is 12.5. The van der Waals surface area contributed by atoms with Crippen LogP contribution in [0, 0.1) is 5.82 Å². The van der Waals surface area contributed by atoms with Crippen LogP contribution in [-0.2, 0) is 5.75 Å². The first-order valence-corrected chi connectivity index (χ1v) is 7.59. The molecule has 0 saturated heterocycles. The molecule has 0 aromatic heterocycles. The Labute approximate surface area is 135 Å². The van der Waals surface area contributed by atoms with Crippen LogP contribution in [0.5, 0.6) is 0 Å². The van der Waals surface area contributed by atoms with E-state index in [9.17, 15) is 4.39 Å². The number of oxime groups is 1. The Balaban J connectivity index is 2.15. The minimum Gasteiger partial charge on any atom is -0.409 e. The summed E-state index contributed by atoms with van der Waals surface area (Å²) >= 11 is 13.3. The highest BCUT2D eigenvalue weighted by Crippen LogP contribution is 2.32. The number of nitrogens with zero attached hydrogens (tertiary/aromatic N) is 1. The van der Waals surface area contributed by atoms with E-state index in [1.54, 1.807) is 30.3 Å². The third-order valence-electron chi connectivity index (χ3n) is 2.73. The smallest absolute Gasteiger partial charge is 0.170 e. The van der Waals surface area contributed by atoms with Gasteiger partial charge in [0.25, 0.3) is 0 Å². The zero-order valence-electron chi connectivity index (χ0n) is 10.7. The zero-order chi connectivity index (χ0) is 15.4. The van der Waals surface area contributed by atoms with Gasteiger partial charge in [-0.05, 0) is 29.8 Å². The van der Waals surface area contributed by atoms with Crippen molar-refractivity contribution in [3.05, 3.63) is 63.4 Å². The van der Waals surface area contributed by atoms with Gasteiger partial charge in [-0.25, -0.2) is 4.39 Å². The Morgan fingerprint density at radius 3 is 2.67 bits per heavy atom. The molecule has 0 amide bonds. The van der Waals surface area contributed by atoms with Gasteiger partial charge in [-0.3, -0.25) is 0 Å². The van der Waals surface area contributed by atoms with Gasteiger partial charge in [0.05, 0.1) is 5.02 Å². The first-order chi connectivity index (χ1) is 10.0. The van der Waals surface area contributed by atoms with Gasteiger partial charge in [0.2, 0.25) is 0 Å². The Kier molecular flexibility index (Phi) is 5.33. The molecule has 0 saturated carbocycles. The highest BCUT2D eigenvalue weighted by atomic mass is 35.5. The molecule has 3 N–H and O–H groups in total. The van der Waals surface area contributed by atoms with Crippen molar-refractivity contribution in [2.24, 2.45) is 10.9 Å². The summed E-state index contributed by atoms with van der Waals surface area (Å²) in [6, 6.07) is 9.54. The largest absolute Gasteiger partial charge is 0.409 e. The van der Waals surface area contributed by atoms with Crippen molar-refractivity contribution in [3.8, 4) is 0 Å². The van der Waals surface area contributed by atoms with Crippen LogP contribution in [0.15, 0.2) is 46.4 Å². The molecule has 0 heterocycles. The molecule has 0 radical (unpaired) electrons. The van der Waals surface area contributed by atoms with Crippen LogP contribution < -0.4 is 5.73 Å². The summed E-state index contributed by atoms with van der Waals surface area (Å²) in [6.45, 7) is 0. The van der Waals surface area contributed by atoms with Crippen molar-refractivity contribution in [1.82, 2.24) is 0 Å². The number of hydrogen-bond donors (Lipinski definition) is 2. The standard InChI is InChI=1S/C14H11Cl2FN2OS/c15-10-3-4-11(16)13(6-10)21-7-9-2-1-8(5-12(9)17)14(18)19-20/h1-6,20H,7H2,(H2,18,19). The summed E-state index contributed by atoms with van der Waals surface area (Å²) in [5.74, 6) is -0.168. The van der Waals surface area contributed by atoms with E-state index in [0.717, 1.165) is 4.90 Å². The van der Waals surface area contributed by atoms with E-state index in [1.807, 2.05) is 0 Å². The molecule has 0 atom stereocenters. The molecule has 2 aromatic rings. The molecular formula is C14H11Cl2FN2OS. The van der Waals surface area contributed by atoms with Crippen LogP contribution in [0.3, 0.4) is 0 Å². The van der Waals surface area contributed by atoms with Crippen LogP contribution in [0.4, 0.5) is 4.39 Å². The summed E-state index contributed by atoms with van der Waals surface area (Å²) in [7, 11) is 0. The highest BCUT2D eigenvalue weighted by molar-refractivity contribution is 7.98. The van der Waals surface area contributed by atoms with Crippen LogP contribution in [0.25, 0.3) is 0 Å². The lowest BCUT2D eigenvalue weighted by molar-refractivity contribution is 0.318. The number of hydrogen-bond acceptors (Lipinski definition) is 3. The second-order valence-electron chi connectivity index (χ2n) is 4.15. The predicted molar refractivity (Wildman–Crippen MR) is 84.9 cm³/mol. The topological polar surface area (TPSA) is 58.6 Å². The van der Waals surface area contributed by atoms with Gasteiger partial charge >= 0.3 is 0 Å². The van der Waals surface area contributed by atoms with Crippen molar-refractivity contribution < 1.29 is 9.60 Å². The fraction of sp³-hybridized carbons (Fsp3) is 0.0714. The monoisotopic (exact) mass is 344 g/mol. The Morgan fingerprint density at radius 2 is 2.00 bits per heavy atom. The molecule has 110 valence electrons. The quantitative estimate of drug-likeness (QED) is 0.282. The SMILES string of the molecule is N/C(=N\O)c1ccc(CSc2cc(Cl)ccc2Cl)c(F)c1. The number of rotatable bonds is 4. The molecule has 0 fully saturated rings. The molecule has 0 bridgehead atoms. The molecule has 0 aliphatic heterocycles. The van der Waals surface area contributed by atoms with Gasteiger partial charge in [-0.2, -0.15) is 0 Å². The molecule has 21 heavy (non-hydrogen) atoms. The Morgan fingerprint density at radius 1 is 1.24 bits per heavy atom. The number of thioether (sulfide) groups is 1. The normalized spacial score (nSPS) is 11.7. The third-order valence-corrected chi connectivity index (χ3v) is 4.51. The minimum atomic E-state index is -0.426. The Hall–Kier alpha value is -1.43. The second-order valence-corrected chi connectivity index (χ2v) is 6.02. The highest BCUT2D eigenvalue weighted by Gasteiger charge is 2.09. The van der Waals surface area contributed by atoms with Crippen LogP contribution >= 0.6 is 35.0 Å². The summed E-state index contributed by atoms with van der Waals surface area (Å²) in [4.78, 5) is 0.782. The Bertz CT molecular complexity index is 695. The van der Waals surface area contributed by atoms with E-state index in [2.05, 4.69) is 5.16 Å². The molecule has 7 heteroatoms. The van der Waals surface area contributed by atoms with E-state index in [4.69, 9.17) is 34.1 Å². The van der Waals surface area contributed by atoms with E-state index in [1.165, 1.54) is 17.8 Å². The van der Waals surface area contributed by atoms with Gasteiger partial charge < -0.3 is 10.9 Å². The van der Waals surface area contributed by atoms with Crippen LogP contribution in [0.2, 0.25) is 10.0 Å². The number of halogens is 3. The van der Waals surface area contributed by atoms with Gasteiger partial charge in [0.1, 0.15) is 5.82 Å². The summed E-state index contributed by atoms with van der Waals surface area (Å²) in [5.41, 5.74) is 6.23. The van der Waals surface area contributed by atoms with E-state index < -0.39 is 5.82 Å². The first kappa shape index (κ1) is 15.9. The average Bonchev–Trinajstić information content (AvgIpc) is 2.48. The average molecular weight is 345 g/mol. The molecule has 0 aliphatic rings. The lowest BCUT2D eigenvalue weighted by Crippen LogP contribution is -2.13. The van der Waals surface area contributed by atoms with Crippen molar-refractivity contribution >= 4 is 40.8 Å². The van der Waals surface area contributed by atoms with Gasteiger partial charge in [-0.15, -0.1) is 11.8 Å². The fourth-order valence-corrected chi connectivity index (χ4v) is 3.10. The molecule has 0 aliphatic carbocycles. The lowest BCUT2D eigenvalue weighted by atomic mass is 10.1. The molecule has 0 unspecified atom stereocenters. The number of nitrogens with two attached hydrogens (primary N) is 1. The van der Waals surface area contributed by atoms with Crippen LogP contribution in [0.1, 0.15) is 11.1 Å². The maximum absolute atomic E-state index is 14.0. The van der Waals surface area contributed by atoms with Crippen molar-refractivity contribution in [2.45, 2.75) is 10.6 Å². The van der Waals surface area contributed by atoms with Crippen molar-refractivity contribution in [2.75, 3.05) is 0 Å². The van der Waals surface area contributed by atoms with E-state index in [-0.39, 0.29) is 5.84 Å². The van der Waals surface area contributed by atoms with E-state index >= 15 is 0 Å². The van der Waals surface area contributed by atoms with Gasteiger partial charge in [0, 0.05) is 21.2 Å². The summed E-state index contributed by atoms with van der Waals surface area (Å²) < 4.78 is 14.0. The lowest BCUT2D eigenvalue weighted by Gasteiger charge is -2.07. The van der Waals surface area contributed by atoms with Gasteiger partial charge in [-0.1, -0.05) is 40.5 Å². The van der Waals surface area contributed by atoms with Crippen LogP contribution in [-0.4, -0.2) is 11.0 Å². The molecular weight excluding hydrogens is 334 g/mol. The van der Waals surface area contributed by atoms with Crippen molar-refractivity contribution in [1.29, 1.82) is 0 Å². The summed E-state index contributed by atoms with van der Waals surface area (Å²) in [6.07, 6.45) is 0. The zero-order valence-corrected chi connectivity index (χ0v) is 13.0. The number of amidine groups is 1. The second kappa shape index (κ2) is 7.02. The molecule has 0 spiro atoms. The van der Waals surface area contributed by atoms with E-state index in [0.29, 0.717) is 26.9 Å². The minimum absolute atomic E-state index is 0.133.